The molecule has 0 aromatic heterocycles. The largest absolute Gasteiger partial charge is 0.310 e. The van der Waals surface area contributed by atoms with Crippen LogP contribution in [0, 0.1) is 41.5 Å². The van der Waals surface area contributed by atoms with Crippen LogP contribution in [0.5, 0.6) is 0 Å². The second-order valence-electron chi connectivity index (χ2n) is 18.8. The van der Waals surface area contributed by atoms with Crippen molar-refractivity contribution in [1.29, 1.82) is 0 Å². The van der Waals surface area contributed by atoms with E-state index in [2.05, 4.69) is 214 Å². The fraction of sp³-hybridized carbons (Fsp3) is 0.279. The van der Waals surface area contributed by atoms with E-state index in [0.717, 1.165) is 25.7 Å². The fourth-order valence-corrected chi connectivity index (χ4v) is 10.7. The molecule has 0 unspecified atom stereocenters. The molecule has 2 heteroatoms. The molecule has 0 amide bonds. The smallest absolute Gasteiger partial charge is 0.0543 e. The average Bonchev–Trinajstić information content (AvgIpc) is 3.52. The van der Waals surface area contributed by atoms with Crippen molar-refractivity contribution in [1.82, 2.24) is 0 Å². The highest BCUT2D eigenvalue weighted by Gasteiger charge is 2.40. The van der Waals surface area contributed by atoms with Gasteiger partial charge in [0.2, 0.25) is 0 Å². The molecule has 63 heavy (non-hydrogen) atoms. The summed E-state index contributed by atoms with van der Waals surface area (Å²) in [6, 6.07) is 47.4. The predicted molar refractivity (Wildman–Crippen MR) is 274 cm³/mol. The highest BCUT2D eigenvalue weighted by molar-refractivity contribution is 6.17. The second-order valence-corrected chi connectivity index (χ2v) is 18.8. The first-order valence-electron chi connectivity index (χ1n) is 23.4. The third-order valence-corrected chi connectivity index (χ3v) is 14.9. The highest BCUT2D eigenvalue weighted by Crippen LogP contribution is 2.58. The normalized spacial score (nSPS) is 12.8. The van der Waals surface area contributed by atoms with Gasteiger partial charge in [0.05, 0.1) is 11.4 Å². The highest BCUT2D eigenvalue weighted by atomic mass is 15.2. The number of nitrogens with zero attached hydrogens (tertiary/aromatic N) is 2. The molecule has 0 spiro atoms. The summed E-state index contributed by atoms with van der Waals surface area (Å²) in [5.74, 6) is 0. The SMILES string of the molecule is CCc1ccc(N(c2cc(C)c(C)c(C)c2)c2cc3c(c4ccccc24)-c2c(cc(N(c4cc(C)c(C)c(C)c4)c4ccc(CC)c(CC)c4)c4ccccc24)C3(C)C)cc1CC. The minimum atomic E-state index is -0.306. The molecule has 0 radical (unpaired) electrons. The van der Waals surface area contributed by atoms with Crippen LogP contribution in [0.4, 0.5) is 34.1 Å². The second kappa shape index (κ2) is 16.2. The van der Waals surface area contributed by atoms with E-state index in [9.17, 15) is 0 Å². The Morgan fingerprint density at radius 3 is 1.03 bits per heavy atom. The lowest BCUT2D eigenvalue weighted by molar-refractivity contribution is 0.661. The molecule has 0 atom stereocenters. The predicted octanol–water partition coefficient (Wildman–Crippen LogP) is 17.3. The summed E-state index contributed by atoms with van der Waals surface area (Å²) in [7, 11) is 0. The van der Waals surface area contributed by atoms with Gasteiger partial charge in [-0.15, -0.1) is 0 Å². The van der Waals surface area contributed by atoms with E-state index in [0.29, 0.717) is 0 Å². The van der Waals surface area contributed by atoms with Crippen LogP contribution < -0.4 is 9.80 Å². The Kier molecular flexibility index (Phi) is 10.9. The minimum Gasteiger partial charge on any atom is -0.310 e. The lowest BCUT2D eigenvalue weighted by Gasteiger charge is -2.31. The van der Waals surface area contributed by atoms with Gasteiger partial charge >= 0.3 is 0 Å². The van der Waals surface area contributed by atoms with E-state index in [4.69, 9.17) is 0 Å². The Bertz CT molecular complexity index is 2850. The monoisotopic (exact) mass is 825 g/mol. The van der Waals surface area contributed by atoms with Crippen molar-refractivity contribution in [2.45, 2.75) is 114 Å². The number of aryl methyl sites for hydroxylation is 8. The first-order valence-corrected chi connectivity index (χ1v) is 23.4. The van der Waals surface area contributed by atoms with Crippen LogP contribution in [0.3, 0.4) is 0 Å². The number of hydrogen-bond donors (Lipinski definition) is 0. The van der Waals surface area contributed by atoms with Crippen LogP contribution in [-0.4, -0.2) is 0 Å². The Morgan fingerprint density at radius 2 is 0.698 bits per heavy atom. The number of benzene rings is 8. The van der Waals surface area contributed by atoms with Crippen molar-refractivity contribution in [3.8, 4) is 11.1 Å². The van der Waals surface area contributed by atoms with E-state index in [-0.39, 0.29) is 5.41 Å². The lowest BCUT2D eigenvalue weighted by atomic mass is 9.81. The van der Waals surface area contributed by atoms with E-state index >= 15 is 0 Å². The molecule has 9 rings (SSSR count). The summed E-state index contributed by atoms with van der Waals surface area (Å²) in [5, 5.41) is 5.12. The number of fused-ring (bicyclic) bond motifs is 7. The fourth-order valence-electron chi connectivity index (χ4n) is 10.7. The van der Waals surface area contributed by atoms with Gasteiger partial charge in [0.25, 0.3) is 0 Å². The molecule has 1 aliphatic rings. The zero-order valence-corrected chi connectivity index (χ0v) is 39.8. The Labute approximate surface area is 377 Å². The van der Waals surface area contributed by atoms with Gasteiger partial charge in [0.15, 0.2) is 0 Å². The van der Waals surface area contributed by atoms with Crippen LogP contribution in [0.1, 0.15) is 108 Å². The zero-order chi connectivity index (χ0) is 44.5. The molecule has 318 valence electrons. The maximum Gasteiger partial charge on any atom is 0.0543 e. The first-order chi connectivity index (χ1) is 30.3. The Hall–Kier alpha value is -6.12. The summed E-state index contributed by atoms with van der Waals surface area (Å²) in [6.45, 7) is 27.6. The molecule has 0 aliphatic heterocycles. The van der Waals surface area contributed by atoms with Gasteiger partial charge < -0.3 is 9.80 Å². The summed E-state index contributed by atoms with van der Waals surface area (Å²) >= 11 is 0. The van der Waals surface area contributed by atoms with Crippen molar-refractivity contribution in [3.05, 3.63) is 188 Å². The summed E-state index contributed by atoms with van der Waals surface area (Å²) in [6.07, 6.45) is 4.06. The van der Waals surface area contributed by atoms with Crippen LogP contribution in [0.15, 0.2) is 121 Å². The molecule has 0 bridgehead atoms. The summed E-state index contributed by atoms with van der Waals surface area (Å²) in [4.78, 5) is 5.11. The lowest BCUT2D eigenvalue weighted by Crippen LogP contribution is -2.18. The number of hydrogen-bond acceptors (Lipinski definition) is 2. The van der Waals surface area contributed by atoms with Crippen LogP contribution in [0.2, 0.25) is 0 Å². The summed E-state index contributed by atoms with van der Waals surface area (Å²) in [5.41, 5.74) is 26.0. The van der Waals surface area contributed by atoms with Gasteiger partial charge in [-0.05, 0) is 217 Å². The van der Waals surface area contributed by atoms with Crippen molar-refractivity contribution >= 4 is 55.7 Å². The van der Waals surface area contributed by atoms with Crippen molar-refractivity contribution in [3.63, 3.8) is 0 Å². The number of anilines is 6. The van der Waals surface area contributed by atoms with Crippen LogP contribution in [-0.2, 0) is 31.1 Å². The van der Waals surface area contributed by atoms with Gasteiger partial charge in [-0.3, -0.25) is 0 Å². The maximum absolute atomic E-state index is 2.55. The third-order valence-electron chi connectivity index (χ3n) is 14.9. The molecular weight excluding hydrogens is 761 g/mol. The molecule has 0 heterocycles. The van der Waals surface area contributed by atoms with Gasteiger partial charge in [-0.2, -0.15) is 0 Å². The van der Waals surface area contributed by atoms with Crippen molar-refractivity contribution in [2.75, 3.05) is 9.80 Å². The maximum atomic E-state index is 2.55. The number of rotatable bonds is 10. The zero-order valence-electron chi connectivity index (χ0n) is 39.8. The van der Waals surface area contributed by atoms with Crippen molar-refractivity contribution in [2.24, 2.45) is 0 Å². The molecular formula is C61H64N2. The first kappa shape index (κ1) is 42.2. The van der Waals surface area contributed by atoms with Gasteiger partial charge in [-0.1, -0.05) is 102 Å². The molecule has 8 aromatic rings. The topological polar surface area (TPSA) is 6.48 Å². The standard InChI is InChI=1S/C61H64N2/c1-13-43-25-27-47(33-45(43)15-3)62(49-29-37(5)41(9)38(6)30-49)57-35-55-59(53-23-19-17-21-51(53)57)60-54-24-20-18-22-52(54)58(36-56(60)61(55,11)12)63(50-31-39(7)42(10)40(8)32-50)48-28-26-44(14-2)46(16-4)34-48/h17-36H,13-16H2,1-12H3. The quantitative estimate of drug-likeness (QED) is 0.136. The van der Waals surface area contributed by atoms with Crippen LogP contribution >= 0.6 is 0 Å². The van der Waals surface area contributed by atoms with E-state index < -0.39 is 0 Å². The Morgan fingerprint density at radius 1 is 0.365 bits per heavy atom. The third kappa shape index (κ3) is 6.85. The molecule has 2 nitrogen and oxygen atoms in total. The molecule has 0 N–H and O–H groups in total. The van der Waals surface area contributed by atoms with Gasteiger partial charge in [0, 0.05) is 38.9 Å². The van der Waals surface area contributed by atoms with E-state index in [1.54, 1.807) is 0 Å². The molecule has 0 fully saturated rings. The molecule has 0 saturated carbocycles. The van der Waals surface area contributed by atoms with Gasteiger partial charge in [0.1, 0.15) is 0 Å². The molecule has 1 aliphatic carbocycles. The minimum absolute atomic E-state index is 0.306. The van der Waals surface area contributed by atoms with Crippen LogP contribution in [0.25, 0.3) is 32.7 Å². The van der Waals surface area contributed by atoms with Crippen molar-refractivity contribution < 1.29 is 0 Å². The summed E-state index contributed by atoms with van der Waals surface area (Å²) < 4.78 is 0. The average molecular weight is 825 g/mol. The molecule has 0 saturated heterocycles. The van der Waals surface area contributed by atoms with E-state index in [1.807, 2.05) is 0 Å². The van der Waals surface area contributed by atoms with Gasteiger partial charge in [-0.25, -0.2) is 0 Å². The molecule has 8 aromatic carbocycles. The Balaban J connectivity index is 1.35. The van der Waals surface area contributed by atoms with E-state index in [1.165, 1.54) is 134 Å².